The van der Waals surface area contributed by atoms with Crippen molar-refractivity contribution in [3.05, 3.63) is 29.8 Å². The molecule has 64 valence electrons. The second kappa shape index (κ2) is 3.61. The number of carbonyl (C=O) groups excluding carboxylic acids is 1. The van der Waals surface area contributed by atoms with Gasteiger partial charge in [0, 0.05) is 5.69 Å². The zero-order chi connectivity index (χ0) is 8.97. The number of hydrogen-bond donors (Lipinski definition) is 2. The van der Waals surface area contributed by atoms with E-state index in [1.54, 1.807) is 24.3 Å². The predicted octanol–water partition coefficient (Wildman–Crippen LogP) is 0.864. The number of primary amides is 1. The van der Waals surface area contributed by atoms with Gasteiger partial charge in [-0.2, -0.15) is 0 Å². The van der Waals surface area contributed by atoms with Gasteiger partial charge in [-0.25, -0.2) is 4.79 Å². The number of nitrogens with two attached hydrogens (primary N) is 2. The van der Waals surface area contributed by atoms with Gasteiger partial charge in [-0.05, 0) is 17.7 Å². The van der Waals surface area contributed by atoms with E-state index in [0.717, 1.165) is 5.56 Å². The molecule has 4 nitrogen and oxygen atoms in total. The molecular weight excluding hydrogens is 156 g/mol. The van der Waals surface area contributed by atoms with Crippen molar-refractivity contribution < 1.29 is 9.53 Å². The lowest BCUT2D eigenvalue weighted by atomic mass is 10.2. The second-order valence-corrected chi connectivity index (χ2v) is 2.35. The monoisotopic (exact) mass is 166 g/mol. The number of hydrogen-bond acceptors (Lipinski definition) is 3. The van der Waals surface area contributed by atoms with Gasteiger partial charge in [-0.3, -0.25) is 0 Å². The van der Waals surface area contributed by atoms with E-state index in [1.165, 1.54) is 0 Å². The first-order valence-electron chi connectivity index (χ1n) is 3.45. The highest BCUT2D eigenvalue weighted by Crippen LogP contribution is 2.07. The molecule has 0 spiro atoms. The van der Waals surface area contributed by atoms with Crippen LogP contribution < -0.4 is 11.5 Å². The molecule has 0 atom stereocenters. The summed E-state index contributed by atoms with van der Waals surface area (Å²) in [6, 6.07) is 7.07. The molecule has 1 aromatic rings. The molecule has 1 amide bonds. The van der Waals surface area contributed by atoms with E-state index < -0.39 is 6.09 Å². The van der Waals surface area contributed by atoms with Gasteiger partial charge in [0.1, 0.15) is 6.61 Å². The normalized spacial score (nSPS) is 9.33. The summed E-state index contributed by atoms with van der Waals surface area (Å²) < 4.78 is 4.57. The summed E-state index contributed by atoms with van der Waals surface area (Å²) in [6.45, 7) is 0.167. The minimum absolute atomic E-state index is 0.167. The van der Waals surface area contributed by atoms with Gasteiger partial charge < -0.3 is 16.2 Å². The first-order valence-corrected chi connectivity index (χ1v) is 3.45. The number of benzene rings is 1. The van der Waals surface area contributed by atoms with Crippen LogP contribution in [-0.4, -0.2) is 6.09 Å². The van der Waals surface area contributed by atoms with Crippen LogP contribution in [0.2, 0.25) is 0 Å². The van der Waals surface area contributed by atoms with Crippen LogP contribution in [0, 0.1) is 0 Å². The van der Waals surface area contributed by atoms with E-state index in [0.29, 0.717) is 5.69 Å². The van der Waals surface area contributed by atoms with E-state index in [9.17, 15) is 4.79 Å². The molecule has 0 unspecified atom stereocenters. The highest BCUT2D eigenvalue weighted by Gasteiger charge is 1.96. The quantitative estimate of drug-likeness (QED) is 0.639. The fourth-order valence-electron chi connectivity index (χ4n) is 0.837. The molecule has 0 aliphatic heterocycles. The van der Waals surface area contributed by atoms with Crippen molar-refractivity contribution in [2.45, 2.75) is 6.61 Å². The molecule has 0 saturated carbocycles. The van der Waals surface area contributed by atoms with E-state index in [4.69, 9.17) is 11.5 Å². The van der Waals surface area contributed by atoms with Crippen molar-refractivity contribution in [3.8, 4) is 0 Å². The van der Waals surface area contributed by atoms with Crippen LogP contribution in [0.15, 0.2) is 24.3 Å². The first-order chi connectivity index (χ1) is 5.68. The van der Waals surface area contributed by atoms with E-state index in [2.05, 4.69) is 4.74 Å². The van der Waals surface area contributed by atoms with E-state index in [1.807, 2.05) is 0 Å². The molecule has 4 heteroatoms. The van der Waals surface area contributed by atoms with Gasteiger partial charge >= 0.3 is 6.09 Å². The Hall–Kier alpha value is -1.71. The molecule has 1 rings (SSSR count). The highest BCUT2D eigenvalue weighted by molar-refractivity contribution is 5.64. The van der Waals surface area contributed by atoms with Crippen molar-refractivity contribution in [3.63, 3.8) is 0 Å². The Morgan fingerprint density at radius 3 is 2.83 bits per heavy atom. The van der Waals surface area contributed by atoms with Gasteiger partial charge in [0.15, 0.2) is 0 Å². The maximum Gasteiger partial charge on any atom is 0.404 e. The molecule has 0 aromatic heterocycles. The van der Waals surface area contributed by atoms with Gasteiger partial charge in [-0.15, -0.1) is 0 Å². The Kier molecular flexibility index (Phi) is 2.53. The maximum absolute atomic E-state index is 10.2. The molecule has 0 radical (unpaired) electrons. The predicted molar refractivity (Wildman–Crippen MR) is 45.2 cm³/mol. The minimum atomic E-state index is -0.780. The number of anilines is 1. The number of rotatable bonds is 2. The molecule has 1 aromatic carbocycles. The van der Waals surface area contributed by atoms with Crippen LogP contribution in [0.25, 0.3) is 0 Å². The molecule has 0 aliphatic carbocycles. The fraction of sp³-hybridized carbons (Fsp3) is 0.125. The molecule has 0 heterocycles. The topological polar surface area (TPSA) is 78.3 Å². The van der Waals surface area contributed by atoms with Crippen molar-refractivity contribution in [2.75, 3.05) is 5.73 Å². The number of carbonyl (C=O) groups is 1. The Morgan fingerprint density at radius 1 is 1.50 bits per heavy atom. The Morgan fingerprint density at radius 2 is 2.25 bits per heavy atom. The average Bonchev–Trinajstić information content (AvgIpc) is 2.01. The highest BCUT2D eigenvalue weighted by atomic mass is 16.5. The van der Waals surface area contributed by atoms with Crippen molar-refractivity contribution in [2.24, 2.45) is 5.73 Å². The zero-order valence-electron chi connectivity index (χ0n) is 6.49. The van der Waals surface area contributed by atoms with Gasteiger partial charge in [0.2, 0.25) is 0 Å². The average molecular weight is 166 g/mol. The summed E-state index contributed by atoms with van der Waals surface area (Å²) in [5, 5.41) is 0. The smallest absolute Gasteiger partial charge is 0.404 e. The molecule has 0 aliphatic rings. The molecule has 0 fully saturated rings. The van der Waals surface area contributed by atoms with Crippen LogP contribution in [0.4, 0.5) is 10.5 Å². The lowest BCUT2D eigenvalue weighted by molar-refractivity contribution is 0.150. The molecule has 0 saturated heterocycles. The van der Waals surface area contributed by atoms with Crippen LogP contribution in [0.5, 0.6) is 0 Å². The summed E-state index contributed by atoms with van der Waals surface area (Å²) in [5.41, 5.74) is 11.7. The number of nitrogen functional groups attached to an aromatic ring is 1. The molecule has 12 heavy (non-hydrogen) atoms. The number of amides is 1. The van der Waals surface area contributed by atoms with Crippen molar-refractivity contribution in [1.82, 2.24) is 0 Å². The second-order valence-electron chi connectivity index (χ2n) is 2.35. The fourth-order valence-corrected chi connectivity index (χ4v) is 0.837. The standard InChI is InChI=1S/C8H10N2O2/c9-7-3-1-2-6(4-7)5-12-8(10)11/h1-4H,5,9H2,(H2,10,11). The Balaban J connectivity index is 2.57. The molecular formula is C8H10N2O2. The van der Waals surface area contributed by atoms with Crippen molar-refractivity contribution >= 4 is 11.8 Å². The largest absolute Gasteiger partial charge is 0.445 e. The van der Waals surface area contributed by atoms with Crippen LogP contribution in [0.1, 0.15) is 5.56 Å². The summed E-state index contributed by atoms with van der Waals surface area (Å²) in [4.78, 5) is 10.2. The molecule has 0 bridgehead atoms. The van der Waals surface area contributed by atoms with Gasteiger partial charge in [0.05, 0.1) is 0 Å². The third-order valence-corrected chi connectivity index (χ3v) is 1.33. The lowest BCUT2D eigenvalue weighted by Gasteiger charge is -2.01. The summed E-state index contributed by atoms with van der Waals surface area (Å²) in [5.74, 6) is 0. The van der Waals surface area contributed by atoms with Gasteiger partial charge in [-0.1, -0.05) is 12.1 Å². The first kappa shape index (κ1) is 8.39. The van der Waals surface area contributed by atoms with Crippen LogP contribution in [-0.2, 0) is 11.3 Å². The summed E-state index contributed by atoms with van der Waals surface area (Å²) in [6.07, 6.45) is -0.780. The number of ether oxygens (including phenoxy) is 1. The third-order valence-electron chi connectivity index (χ3n) is 1.33. The van der Waals surface area contributed by atoms with E-state index >= 15 is 0 Å². The summed E-state index contributed by atoms with van der Waals surface area (Å²) in [7, 11) is 0. The maximum atomic E-state index is 10.2. The zero-order valence-corrected chi connectivity index (χ0v) is 6.49. The Labute approximate surface area is 70.1 Å². The third kappa shape index (κ3) is 2.49. The SMILES string of the molecule is NC(=O)OCc1cccc(N)c1. The molecule has 4 N–H and O–H groups in total. The van der Waals surface area contributed by atoms with Crippen molar-refractivity contribution in [1.29, 1.82) is 0 Å². The minimum Gasteiger partial charge on any atom is -0.445 e. The summed E-state index contributed by atoms with van der Waals surface area (Å²) >= 11 is 0. The van der Waals surface area contributed by atoms with Gasteiger partial charge in [0.25, 0.3) is 0 Å². The Bertz CT molecular complexity index is 286. The van der Waals surface area contributed by atoms with E-state index in [-0.39, 0.29) is 6.61 Å². The lowest BCUT2D eigenvalue weighted by Crippen LogP contribution is -2.12. The van der Waals surface area contributed by atoms with Crippen LogP contribution >= 0.6 is 0 Å². The van der Waals surface area contributed by atoms with Crippen LogP contribution in [0.3, 0.4) is 0 Å².